The second-order valence-electron chi connectivity index (χ2n) is 4.97. The molecule has 2 aromatic rings. The van der Waals surface area contributed by atoms with Crippen LogP contribution in [0.5, 0.6) is 11.5 Å². The lowest BCUT2D eigenvalue weighted by Crippen LogP contribution is -2.06. The summed E-state index contributed by atoms with van der Waals surface area (Å²) < 4.78 is 5.91. The fraction of sp³-hybridized carbons (Fsp3) is 0.294. The van der Waals surface area contributed by atoms with Crippen molar-refractivity contribution in [2.75, 3.05) is 7.05 Å². The first-order chi connectivity index (χ1) is 9.10. The van der Waals surface area contributed by atoms with Gasteiger partial charge in [0.15, 0.2) is 0 Å². The van der Waals surface area contributed by atoms with Crippen LogP contribution in [0.2, 0.25) is 0 Å². The SMILES string of the molecule is CNCc1ccc(Oc2ccc(C)c(C)c2)cc1C. The van der Waals surface area contributed by atoms with E-state index in [1.165, 1.54) is 22.3 Å². The van der Waals surface area contributed by atoms with Crippen molar-refractivity contribution in [2.45, 2.75) is 27.3 Å². The summed E-state index contributed by atoms with van der Waals surface area (Å²) in [5.74, 6) is 1.78. The van der Waals surface area contributed by atoms with Gasteiger partial charge in [0.25, 0.3) is 0 Å². The van der Waals surface area contributed by atoms with Crippen molar-refractivity contribution in [3.63, 3.8) is 0 Å². The molecule has 0 radical (unpaired) electrons. The molecule has 0 heterocycles. The summed E-state index contributed by atoms with van der Waals surface area (Å²) in [5.41, 5.74) is 5.08. The summed E-state index contributed by atoms with van der Waals surface area (Å²) in [4.78, 5) is 0. The van der Waals surface area contributed by atoms with Crippen molar-refractivity contribution in [1.29, 1.82) is 0 Å². The molecule has 0 bridgehead atoms. The zero-order chi connectivity index (χ0) is 13.8. The maximum absolute atomic E-state index is 5.91. The molecule has 0 amide bonds. The van der Waals surface area contributed by atoms with Gasteiger partial charge in [-0.15, -0.1) is 0 Å². The van der Waals surface area contributed by atoms with Crippen LogP contribution < -0.4 is 10.1 Å². The van der Waals surface area contributed by atoms with Crippen LogP contribution in [0.4, 0.5) is 0 Å². The zero-order valence-electron chi connectivity index (χ0n) is 12.1. The molecule has 0 aliphatic rings. The molecule has 0 fully saturated rings. The number of nitrogens with one attached hydrogen (secondary N) is 1. The summed E-state index contributed by atoms with van der Waals surface area (Å²) in [6.07, 6.45) is 0. The first-order valence-electron chi connectivity index (χ1n) is 6.59. The quantitative estimate of drug-likeness (QED) is 0.887. The average Bonchev–Trinajstić information content (AvgIpc) is 2.37. The normalized spacial score (nSPS) is 10.5. The van der Waals surface area contributed by atoms with Gasteiger partial charge in [0.2, 0.25) is 0 Å². The highest BCUT2D eigenvalue weighted by Gasteiger charge is 2.03. The summed E-state index contributed by atoms with van der Waals surface area (Å²) in [6, 6.07) is 12.4. The Labute approximate surface area is 115 Å². The molecule has 0 aliphatic heterocycles. The minimum Gasteiger partial charge on any atom is -0.457 e. The van der Waals surface area contributed by atoms with E-state index in [4.69, 9.17) is 4.74 Å². The third-order valence-corrected chi connectivity index (χ3v) is 3.40. The van der Waals surface area contributed by atoms with Gasteiger partial charge < -0.3 is 10.1 Å². The van der Waals surface area contributed by atoms with Crippen molar-refractivity contribution in [3.8, 4) is 11.5 Å². The Hall–Kier alpha value is -1.80. The second-order valence-corrected chi connectivity index (χ2v) is 4.97. The number of hydrogen-bond acceptors (Lipinski definition) is 2. The molecule has 0 unspecified atom stereocenters. The van der Waals surface area contributed by atoms with Crippen LogP contribution in [0.1, 0.15) is 22.3 Å². The Kier molecular flexibility index (Phi) is 4.23. The van der Waals surface area contributed by atoms with Gasteiger partial charge in [0.05, 0.1) is 0 Å². The van der Waals surface area contributed by atoms with Gasteiger partial charge in [-0.2, -0.15) is 0 Å². The summed E-state index contributed by atoms with van der Waals surface area (Å²) >= 11 is 0. The van der Waals surface area contributed by atoms with Gasteiger partial charge in [0, 0.05) is 6.54 Å². The van der Waals surface area contributed by atoms with E-state index in [0.717, 1.165) is 18.0 Å². The van der Waals surface area contributed by atoms with Gasteiger partial charge in [-0.1, -0.05) is 12.1 Å². The van der Waals surface area contributed by atoms with Crippen LogP contribution in [0, 0.1) is 20.8 Å². The second kappa shape index (κ2) is 5.89. The number of ether oxygens (including phenoxy) is 1. The lowest BCUT2D eigenvalue weighted by molar-refractivity contribution is 0.481. The third-order valence-electron chi connectivity index (χ3n) is 3.40. The van der Waals surface area contributed by atoms with Crippen LogP contribution in [-0.2, 0) is 6.54 Å². The highest BCUT2D eigenvalue weighted by Crippen LogP contribution is 2.25. The molecule has 0 saturated carbocycles. The van der Waals surface area contributed by atoms with Crippen LogP contribution in [0.3, 0.4) is 0 Å². The number of rotatable bonds is 4. The Morgan fingerprint density at radius 1 is 0.842 bits per heavy atom. The van der Waals surface area contributed by atoms with Gasteiger partial charge in [-0.05, 0) is 74.3 Å². The van der Waals surface area contributed by atoms with Gasteiger partial charge in [-0.3, -0.25) is 0 Å². The van der Waals surface area contributed by atoms with Crippen molar-refractivity contribution < 1.29 is 4.74 Å². The largest absolute Gasteiger partial charge is 0.457 e. The molecule has 0 spiro atoms. The van der Waals surface area contributed by atoms with E-state index in [-0.39, 0.29) is 0 Å². The third kappa shape index (κ3) is 3.36. The Bertz CT molecular complexity index is 575. The molecule has 2 aromatic carbocycles. The minimum atomic E-state index is 0.885. The predicted molar refractivity (Wildman–Crippen MR) is 79.9 cm³/mol. The standard InChI is InChI=1S/C17H21NO/c1-12-5-7-16(9-13(12)2)19-17-8-6-15(11-18-4)14(3)10-17/h5-10,18H,11H2,1-4H3. The van der Waals surface area contributed by atoms with Crippen molar-refractivity contribution >= 4 is 0 Å². The lowest BCUT2D eigenvalue weighted by Gasteiger charge is -2.11. The van der Waals surface area contributed by atoms with Crippen molar-refractivity contribution in [2.24, 2.45) is 0 Å². The van der Waals surface area contributed by atoms with Crippen molar-refractivity contribution in [3.05, 3.63) is 58.7 Å². The van der Waals surface area contributed by atoms with E-state index < -0.39 is 0 Å². The van der Waals surface area contributed by atoms with Crippen molar-refractivity contribution in [1.82, 2.24) is 5.32 Å². The van der Waals surface area contributed by atoms with Crippen LogP contribution in [0.15, 0.2) is 36.4 Å². The number of hydrogen-bond donors (Lipinski definition) is 1. The van der Waals surface area contributed by atoms with Gasteiger partial charge in [0.1, 0.15) is 11.5 Å². The van der Waals surface area contributed by atoms with Crippen LogP contribution >= 0.6 is 0 Å². The van der Waals surface area contributed by atoms with E-state index in [0.29, 0.717) is 0 Å². The topological polar surface area (TPSA) is 21.3 Å². The molecule has 0 aliphatic carbocycles. The maximum Gasteiger partial charge on any atom is 0.127 e. The molecule has 1 N–H and O–H groups in total. The monoisotopic (exact) mass is 255 g/mol. The predicted octanol–water partition coefficient (Wildman–Crippen LogP) is 4.12. The molecule has 19 heavy (non-hydrogen) atoms. The molecular formula is C17H21NO. The fourth-order valence-electron chi connectivity index (χ4n) is 2.03. The molecule has 0 aromatic heterocycles. The summed E-state index contributed by atoms with van der Waals surface area (Å²) in [7, 11) is 1.96. The molecule has 100 valence electrons. The molecular weight excluding hydrogens is 234 g/mol. The fourth-order valence-corrected chi connectivity index (χ4v) is 2.03. The molecule has 0 saturated heterocycles. The first kappa shape index (κ1) is 13.6. The Balaban J connectivity index is 2.19. The summed E-state index contributed by atoms with van der Waals surface area (Å²) in [6.45, 7) is 7.20. The smallest absolute Gasteiger partial charge is 0.127 e. The average molecular weight is 255 g/mol. The van der Waals surface area contributed by atoms with Crippen LogP contribution in [0.25, 0.3) is 0 Å². The van der Waals surface area contributed by atoms with E-state index in [2.05, 4.69) is 50.4 Å². The van der Waals surface area contributed by atoms with Crippen LogP contribution in [-0.4, -0.2) is 7.05 Å². The molecule has 2 heteroatoms. The molecule has 0 atom stereocenters. The Morgan fingerprint density at radius 3 is 2.05 bits per heavy atom. The Morgan fingerprint density at radius 2 is 1.47 bits per heavy atom. The minimum absolute atomic E-state index is 0.885. The van der Waals surface area contributed by atoms with E-state index in [1.807, 2.05) is 19.2 Å². The maximum atomic E-state index is 5.91. The summed E-state index contributed by atoms with van der Waals surface area (Å²) in [5, 5.41) is 3.17. The van der Waals surface area contributed by atoms with Gasteiger partial charge in [-0.25, -0.2) is 0 Å². The lowest BCUT2D eigenvalue weighted by atomic mass is 10.1. The highest BCUT2D eigenvalue weighted by atomic mass is 16.5. The van der Waals surface area contributed by atoms with E-state index in [1.54, 1.807) is 0 Å². The molecule has 2 nitrogen and oxygen atoms in total. The zero-order valence-corrected chi connectivity index (χ0v) is 12.1. The van der Waals surface area contributed by atoms with Gasteiger partial charge >= 0.3 is 0 Å². The highest BCUT2D eigenvalue weighted by molar-refractivity contribution is 5.40. The number of aryl methyl sites for hydroxylation is 3. The van der Waals surface area contributed by atoms with E-state index in [9.17, 15) is 0 Å². The molecule has 2 rings (SSSR count). The first-order valence-corrected chi connectivity index (χ1v) is 6.59. The number of benzene rings is 2. The van der Waals surface area contributed by atoms with E-state index >= 15 is 0 Å².